The van der Waals surface area contributed by atoms with E-state index < -0.39 is 0 Å². The van der Waals surface area contributed by atoms with Crippen LogP contribution < -0.4 is 0 Å². The van der Waals surface area contributed by atoms with E-state index in [4.69, 9.17) is 4.52 Å². The molecule has 19 heavy (non-hydrogen) atoms. The van der Waals surface area contributed by atoms with Crippen molar-refractivity contribution in [1.82, 2.24) is 15.0 Å². The number of rotatable bonds is 8. The number of aromatic nitrogens is 2. The van der Waals surface area contributed by atoms with Gasteiger partial charge in [-0.2, -0.15) is 4.98 Å². The van der Waals surface area contributed by atoms with Crippen molar-refractivity contribution in [3.05, 3.63) is 46.8 Å². The minimum Gasteiger partial charge on any atom is -0.338 e. The topological polar surface area (TPSA) is 42.2 Å². The number of nitrogens with zero attached hydrogens (tertiary/aromatic N) is 3. The van der Waals surface area contributed by atoms with Gasteiger partial charge in [0.15, 0.2) is 5.82 Å². The predicted molar refractivity (Wildman–Crippen MR) is 76.9 cm³/mol. The summed E-state index contributed by atoms with van der Waals surface area (Å²) in [4.78, 5) is 7.97. The predicted octanol–water partition coefficient (Wildman–Crippen LogP) is 3.27. The monoisotopic (exact) mass is 277 g/mol. The summed E-state index contributed by atoms with van der Waals surface area (Å²) in [5.41, 5.74) is 0. The van der Waals surface area contributed by atoms with Gasteiger partial charge >= 0.3 is 0 Å². The standard InChI is InChI=1S/C14H19N3OS/c1-3-6-13-15-14(18-16-13)11-17(8-4-2)10-12-7-5-9-19-12/h4-5,7,9H,2-3,6,8,10-11H2,1H3. The van der Waals surface area contributed by atoms with Gasteiger partial charge in [-0.3, -0.25) is 4.90 Å². The molecule has 102 valence electrons. The van der Waals surface area contributed by atoms with E-state index in [0.29, 0.717) is 12.4 Å². The molecule has 0 fully saturated rings. The summed E-state index contributed by atoms with van der Waals surface area (Å²) in [5, 5.41) is 6.07. The third-order valence-electron chi connectivity index (χ3n) is 2.69. The highest BCUT2D eigenvalue weighted by atomic mass is 32.1. The van der Waals surface area contributed by atoms with Crippen LogP contribution in [0.25, 0.3) is 0 Å². The Kier molecular flexibility index (Phi) is 5.30. The molecule has 0 aliphatic heterocycles. The molecule has 0 saturated heterocycles. The van der Waals surface area contributed by atoms with Crippen molar-refractivity contribution in [2.75, 3.05) is 6.54 Å². The van der Waals surface area contributed by atoms with E-state index >= 15 is 0 Å². The molecule has 0 aliphatic rings. The molecule has 0 unspecified atom stereocenters. The first kappa shape index (κ1) is 14.0. The van der Waals surface area contributed by atoms with Crippen molar-refractivity contribution in [2.24, 2.45) is 0 Å². The number of hydrogen-bond acceptors (Lipinski definition) is 5. The molecule has 0 aromatic carbocycles. The van der Waals surface area contributed by atoms with Crippen LogP contribution in [0.2, 0.25) is 0 Å². The van der Waals surface area contributed by atoms with E-state index in [9.17, 15) is 0 Å². The second-order valence-electron chi connectivity index (χ2n) is 4.39. The van der Waals surface area contributed by atoms with E-state index in [-0.39, 0.29) is 0 Å². The second kappa shape index (κ2) is 7.21. The van der Waals surface area contributed by atoms with Crippen LogP contribution in [0.15, 0.2) is 34.7 Å². The fourth-order valence-corrected chi connectivity index (χ4v) is 2.61. The molecule has 2 aromatic rings. The van der Waals surface area contributed by atoms with Crippen LogP contribution in [0, 0.1) is 0 Å². The van der Waals surface area contributed by atoms with Gasteiger partial charge in [0, 0.05) is 24.4 Å². The number of hydrogen-bond donors (Lipinski definition) is 0. The third kappa shape index (κ3) is 4.29. The lowest BCUT2D eigenvalue weighted by Crippen LogP contribution is -2.22. The summed E-state index contributed by atoms with van der Waals surface area (Å²) in [6.07, 6.45) is 3.80. The smallest absolute Gasteiger partial charge is 0.240 e. The van der Waals surface area contributed by atoms with Crippen LogP contribution in [-0.4, -0.2) is 21.6 Å². The van der Waals surface area contributed by atoms with Gasteiger partial charge in [0.05, 0.1) is 6.54 Å². The molecule has 0 aliphatic carbocycles. The van der Waals surface area contributed by atoms with Gasteiger partial charge in [0.1, 0.15) is 0 Å². The fraction of sp³-hybridized carbons (Fsp3) is 0.429. The molecule has 0 N–H and O–H groups in total. The van der Waals surface area contributed by atoms with Crippen LogP contribution in [0.5, 0.6) is 0 Å². The minimum atomic E-state index is 0.667. The first-order chi connectivity index (χ1) is 9.31. The zero-order chi connectivity index (χ0) is 13.5. The number of thiophene rings is 1. The first-order valence-electron chi connectivity index (χ1n) is 6.49. The quantitative estimate of drug-likeness (QED) is 0.694. The maximum absolute atomic E-state index is 5.28. The molecule has 2 aromatic heterocycles. The summed E-state index contributed by atoms with van der Waals surface area (Å²) in [6.45, 7) is 8.27. The fourth-order valence-electron chi connectivity index (χ4n) is 1.86. The summed E-state index contributed by atoms with van der Waals surface area (Å²) >= 11 is 1.76. The van der Waals surface area contributed by atoms with Gasteiger partial charge in [-0.15, -0.1) is 17.9 Å². The molecule has 0 amide bonds. The normalized spacial score (nSPS) is 11.1. The molecule has 0 radical (unpaired) electrons. The number of aryl methyl sites for hydroxylation is 1. The Morgan fingerprint density at radius 3 is 3.05 bits per heavy atom. The SMILES string of the molecule is C=CCN(Cc1nc(CCC)no1)Cc1cccs1. The summed E-state index contributed by atoms with van der Waals surface area (Å²) in [6, 6.07) is 4.20. The van der Waals surface area contributed by atoms with Gasteiger partial charge in [0.25, 0.3) is 0 Å². The second-order valence-corrected chi connectivity index (χ2v) is 5.42. The van der Waals surface area contributed by atoms with E-state index in [1.807, 2.05) is 6.08 Å². The molecule has 5 heteroatoms. The Labute approximate surface area is 117 Å². The van der Waals surface area contributed by atoms with E-state index in [2.05, 4.69) is 46.1 Å². The lowest BCUT2D eigenvalue weighted by atomic mass is 10.3. The van der Waals surface area contributed by atoms with Crippen LogP contribution >= 0.6 is 11.3 Å². The average Bonchev–Trinajstić information content (AvgIpc) is 3.02. The molecule has 0 spiro atoms. The first-order valence-corrected chi connectivity index (χ1v) is 7.37. The largest absolute Gasteiger partial charge is 0.338 e. The summed E-state index contributed by atoms with van der Waals surface area (Å²) in [7, 11) is 0. The molecule has 2 rings (SSSR count). The van der Waals surface area contributed by atoms with Gasteiger partial charge in [-0.05, 0) is 17.9 Å². The Balaban J connectivity index is 1.96. The van der Waals surface area contributed by atoms with Gasteiger partial charge in [0.2, 0.25) is 5.89 Å². The summed E-state index contributed by atoms with van der Waals surface area (Å²) in [5.74, 6) is 1.48. The van der Waals surface area contributed by atoms with Crippen molar-refractivity contribution in [1.29, 1.82) is 0 Å². The minimum absolute atomic E-state index is 0.667. The van der Waals surface area contributed by atoms with E-state index in [1.165, 1.54) is 4.88 Å². The molecule has 0 atom stereocenters. The van der Waals surface area contributed by atoms with Crippen LogP contribution in [-0.2, 0) is 19.5 Å². The van der Waals surface area contributed by atoms with Crippen molar-refractivity contribution < 1.29 is 4.52 Å². The maximum Gasteiger partial charge on any atom is 0.240 e. The zero-order valence-electron chi connectivity index (χ0n) is 11.2. The molecule has 0 bridgehead atoms. The average molecular weight is 277 g/mol. The molecule has 2 heterocycles. The Morgan fingerprint density at radius 1 is 1.47 bits per heavy atom. The van der Waals surface area contributed by atoms with Crippen molar-refractivity contribution in [3.8, 4) is 0 Å². The van der Waals surface area contributed by atoms with Crippen LogP contribution in [0.3, 0.4) is 0 Å². The van der Waals surface area contributed by atoms with Gasteiger partial charge < -0.3 is 4.52 Å². The highest BCUT2D eigenvalue weighted by molar-refractivity contribution is 7.09. The Hall–Kier alpha value is -1.46. The summed E-state index contributed by atoms with van der Waals surface area (Å²) < 4.78 is 5.28. The zero-order valence-corrected chi connectivity index (χ0v) is 12.0. The lowest BCUT2D eigenvalue weighted by molar-refractivity contribution is 0.240. The maximum atomic E-state index is 5.28. The molecular weight excluding hydrogens is 258 g/mol. The van der Waals surface area contributed by atoms with Crippen molar-refractivity contribution in [2.45, 2.75) is 32.9 Å². The van der Waals surface area contributed by atoms with E-state index in [0.717, 1.165) is 31.8 Å². The van der Waals surface area contributed by atoms with Crippen molar-refractivity contribution >= 4 is 11.3 Å². The van der Waals surface area contributed by atoms with Gasteiger partial charge in [-0.25, -0.2) is 0 Å². The third-order valence-corrected chi connectivity index (χ3v) is 3.55. The molecule has 4 nitrogen and oxygen atoms in total. The highest BCUT2D eigenvalue weighted by Gasteiger charge is 2.11. The highest BCUT2D eigenvalue weighted by Crippen LogP contribution is 2.14. The Morgan fingerprint density at radius 2 is 2.37 bits per heavy atom. The van der Waals surface area contributed by atoms with Crippen LogP contribution in [0.4, 0.5) is 0 Å². The molecular formula is C14H19N3OS. The Bertz CT molecular complexity index is 493. The van der Waals surface area contributed by atoms with Crippen LogP contribution in [0.1, 0.15) is 29.9 Å². The molecule has 0 saturated carbocycles. The van der Waals surface area contributed by atoms with Gasteiger partial charge in [-0.1, -0.05) is 24.2 Å². The van der Waals surface area contributed by atoms with Crippen molar-refractivity contribution in [3.63, 3.8) is 0 Å². The lowest BCUT2D eigenvalue weighted by Gasteiger charge is -2.17. The van der Waals surface area contributed by atoms with E-state index in [1.54, 1.807) is 11.3 Å².